The predicted molar refractivity (Wildman–Crippen MR) is 48.9 cm³/mol. The molecule has 2 N–H and O–H groups in total. The smallest absolute Gasteiger partial charge is 0.265 e. The van der Waals surface area contributed by atoms with Crippen molar-refractivity contribution in [2.45, 2.75) is 31.2 Å². The van der Waals surface area contributed by atoms with Crippen molar-refractivity contribution in [2.75, 3.05) is 0 Å². The lowest BCUT2D eigenvalue weighted by Gasteiger charge is -2.37. The lowest BCUT2D eigenvalue weighted by molar-refractivity contribution is 0.150. The molecule has 0 aromatic carbocycles. The van der Waals surface area contributed by atoms with Crippen molar-refractivity contribution in [3.63, 3.8) is 0 Å². The molecule has 0 unspecified atom stereocenters. The molecule has 76 valence electrons. The van der Waals surface area contributed by atoms with Crippen LogP contribution < -0.4 is 5.73 Å². The Hall–Kier alpha value is -1.03. The van der Waals surface area contributed by atoms with Gasteiger partial charge in [-0.1, -0.05) is 0 Å². The van der Waals surface area contributed by atoms with Crippen LogP contribution in [0.3, 0.4) is 0 Å². The van der Waals surface area contributed by atoms with Crippen LogP contribution in [-0.4, -0.2) is 4.98 Å². The Morgan fingerprint density at radius 2 is 2.07 bits per heavy atom. The first-order valence-electron chi connectivity index (χ1n) is 4.65. The fraction of sp³-hybridized carbons (Fsp3) is 0.500. The zero-order chi connectivity index (χ0) is 10.2. The molecule has 1 aliphatic carbocycles. The summed E-state index contributed by atoms with van der Waals surface area (Å²) in [6.45, 7) is 0. The molecule has 0 bridgehead atoms. The van der Waals surface area contributed by atoms with Crippen molar-refractivity contribution in [3.05, 3.63) is 29.6 Å². The first kappa shape index (κ1) is 9.52. The molecule has 0 atom stereocenters. The van der Waals surface area contributed by atoms with Crippen molar-refractivity contribution in [1.29, 1.82) is 0 Å². The molecule has 14 heavy (non-hydrogen) atoms. The van der Waals surface area contributed by atoms with Gasteiger partial charge in [-0.25, -0.2) is 8.78 Å². The number of rotatable bonds is 2. The molecule has 1 fully saturated rings. The summed E-state index contributed by atoms with van der Waals surface area (Å²) in [5.41, 5.74) is 6.32. The molecule has 0 spiro atoms. The molecule has 0 amide bonds. The Kier molecular flexibility index (Phi) is 2.23. The molecular formula is C10H12F2N2. The highest BCUT2D eigenvalue weighted by atomic mass is 19.3. The lowest BCUT2D eigenvalue weighted by Crippen LogP contribution is -2.43. The minimum atomic E-state index is -2.45. The highest BCUT2D eigenvalue weighted by molar-refractivity contribution is 5.22. The van der Waals surface area contributed by atoms with Gasteiger partial charge in [0.2, 0.25) is 0 Å². The molecule has 1 aromatic rings. The van der Waals surface area contributed by atoms with Gasteiger partial charge in [-0.3, -0.25) is 4.98 Å². The van der Waals surface area contributed by atoms with Crippen LogP contribution in [0.2, 0.25) is 0 Å². The number of pyridine rings is 1. The van der Waals surface area contributed by atoms with E-state index in [-0.39, 0.29) is 11.1 Å². The summed E-state index contributed by atoms with van der Waals surface area (Å²) in [6.07, 6.45) is 1.65. The van der Waals surface area contributed by atoms with Crippen LogP contribution >= 0.6 is 0 Å². The lowest BCUT2D eigenvalue weighted by atomic mass is 9.75. The Morgan fingerprint density at radius 1 is 1.36 bits per heavy atom. The third-order valence-electron chi connectivity index (χ3n) is 2.79. The summed E-state index contributed by atoms with van der Waals surface area (Å²) in [5, 5.41) is 0. The Balaban J connectivity index is 2.21. The topological polar surface area (TPSA) is 38.9 Å². The summed E-state index contributed by atoms with van der Waals surface area (Å²) in [6, 6.07) is 3.01. The molecule has 2 rings (SSSR count). The van der Waals surface area contributed by atoms with Gasteiger partial charge in [-0.05, 0) is 31.4 Å². The average molecular weight is 198 g/mol. The number of hydrogen-bond donors (Lipinski definition) is 1. The molecule has 4 heteroatoms. The van der Waals surface area contributed by atoms with Crippen molar-refractivity contribution < 1.29 is 8.78 Å². The highest BCUT2D eigenvalue weighted by Gasteiger charge is 2.35. The summed E-state index contributed by atoms with van der Waals surface area (Å²) < 4.78 is 24.4. The third-order valence-corrected chi connectivity index (χ3v) is 2.79. The average Bonchev–Trinajstić information content (AvgIpc) is 2.14. The summed E-state index contributed by atoms with van der Waals surface area (Å²) in [7, 11) is 0. The monoisotopic (exact) mass is 198 g/mol. The van der Waals surface area contributed by atoms with E-state index in [1.54, 1.807) is 6.07 Å². The Bertz CT molecular complexity index is 317. The van der Waals surface area contributed by atoms with E-state index in [0.29, 0.717) is 0 Å². The van der Waals surface area contributed by atoms with Crippen LogP contribution in [0.1, 0.15) is 36.9 Å². The van der Waals surface area contributed by atoms with Gasteiger partial charge >= 0.3 is 0 Å². The van der Waals surface area contributed by atoms with E-state index in [4.69, 9.17) is 5.73 Å². The maximum Gasteiger partial charge on any atom is 0.265 e. The number of nitrogens with zero attached hydrogens (tertiary/aromatic N) is 1. The summed E-state index contributed by atoms with van der Waals surface area (Å²) >= 11 is 0. The second-order valence-electron chi connectivity index (χ2n) is 3.79. The van der Waals surface area contributed by atoms with E-state index in [1.807, 2.05) is 0 Å². The summed E-state index contributed by atoms with van der Waals surface area (Å²) in [5.74, 6) is 0. The highest BCUT2D eigenvalue weighted by Crippen LogP contribution is 2.37. The van der Waals surface area contributed by atoms with Gasteiger partial charge in [0.15, 0.2) is 0 Å². The van der Waals surface area contributed by atoms with Gasteiger partial charge < -0.3 is 5.73 Å². The molecule has 0 aliphatic heterocycles. The quantitative estimate of drug-likeness (QED) is 0.792. The predicted octanol–water partition coefficient (Wildman–Crippen LogP) is 2.36. The Labute approximate surface area is 81.1 Å². The van der Waals surface area contributed by atoms with Gasteiger partial charge in [-0.15, -0.1) is 0 Å². The molecule has 1 aromatic heterocycles. The van der Waals surface area contributed by atoms with Crippen LogP contribution in [0.4, 0.5) is 8.78 Å². The fourth-order valence-electron chi connectivity index (χ4n) is 1.64. The molecule has 1 aliphatic rings. The van der Waals surface area contributed by atoms with E-state index >= 15 is 0 Å². The van der Waals surface area contributed by atoms with Crippen LogP contribution in [0.15, 0.2) is 18.3 Å². The number of alkyl halides is 2. The summed E-state index contributed by atoms with van der Waals surface area (Å²) in [4.78, 5) is 3.99. The molecule has 0 radical (unpaired) electrons. The minimum Gasteiger partial charge on any atom is -0.320 e. The second-order valence-corrected chi connectivity index (χ2v) is 3.79. The SMILES string of the molecule is NC1(c2ccc(C(F)F)cn2)CCC1. The largest absolute Gasteiger partial charge is 0.320 e. The third kappa shape index (κ3) is 1.50. The number of hydrogen-bond acceptors (Lipinski definition) is 2. The first-order chi connectivity index (χ1) is 6.62. The standard InChI is InChI=1S/C10H12F2N2/c11-9(12)7-2-3-8(14-6-7)10(13)4-1-5-10/h2-3,6,9H,1,4-5,13H2. The first-order valence-corrected chi connectivity index (χ1v) is 4.65. The van der Waals surface area contributed by atoms with Crippen molar-refractivity contribution in [2.24, 2.45) is 5.73 Å². The van der Waals surface area contributed by atoms with Crippen molar-refractivity contribution in [3.8, 4) is 0 Å². The molecule has 1 saturated carbocycles. The van der Waals surface area contributed by atoms with Crippen LogP contribution in [0, 0.1) is 0 Å². The molecule has 0 saturated heterocycles. The maximum atomic E-state index is 12.2. The molecule has 1 heterocycles. The number of halogens is 2. The van der Waals surface area contributed by atoms with E-state index in [2.05, 4.69) is 4.98 Å². The van der Waals surface area contributed by atoms with Gasteiger partial charge in [0.05, 0.1) is 11.2 Å². The maximum absolute atomic E-state index is 12.2. The van der Waals surface area contributed by atoms with Crippen LogP contribution in [0.25, 0.3) is 0 Å². The zero-order valence-electron chi connectivity index (χ0n) is 7.71. The van der Waals surface area contributed by atoms with Gasteiger partial charge in [0.25, 0.3) is 6.43 Å². The number of nitrogens with two attached hydrogens (primary N) is 1. The number of aromatic nitrogens is 1. The minimum absolute atomic E-state index is 0.0447. The molecular weight excluding hydrogens is 186 g/mol. The normalized spacial score (nSPS) is 19.4. The van der Waals surface area contributed by atoms with E-state index < -0.39 is 6.43 Å². The second kappa shape index (κ2) is 3.28. The zero-order valence-corrected chi connectivity index (χ0v) is 7.71. The van der Waals surface area contributed by atoms with Gasteiger partial charge in [0.1, 0.15) is 0 Å². The molecule has 2 nitrogen and oxygen atoms in total. The fourth-order valence-corrected chi connectivity index (χ4v) is 1.64. The van der Waals surface area contributed by atoms with Gasteiger partial charge in [0, 0.05) is 11.8 Å². The van der Waals surface area contributed by atoms with Crippen LogP contribution in [-0.2, 0) is 5.54 Å². The van der Waals surface area contributed by atoms with Crippen molar-refractivity contribution >= 4 is 0 Å². The van der Waals surface area contributed by atoms with E-state index in [0.717, 1.165) is 25.0 Å². The Morgan fingerprint density at radius 3 is 2.43 bits per heavy atom. The van der Waals surface area contributed by atoms with Crippen molar-refractivity contribution in [1.82, 2.24) is 4.98 Å². The van der Waals surface area contributed by atoms with E-state index in [1.165, 1.54) is 12.3 Å². The van der Waals surface area contributed by atoms with E-state index in [9.17, 15) is 8.78 Å². The van der Waals surface area contributed by atoms with Gasteiger partial charge in [-0.2, -0.15) is 0 Å². The van der Waals surface area contributed by atoms with Crippen LogP contribution in [0.5, 0.6) is 0 Å².